The Kier molecular flexibility index (Phi) is 7.37. The summed E-state index contributed by atoms with van der Waals surface area (Å²) in [5.74, 6) is -0.146. The molecule has 172 valence electrons. The van der Waals surface area contributed by atoms with Gasteiger partial charge in [-0.15, -0.1) is 0 Å². The van der Waals surface area contributed by atoms with E-state index in [0.717, 1.165) is 0 Å². The van der Waals surface area contributed by atoms with Crippen LogP contribution in [0.5, 0.6) is 11.5 Å². The van der Waals surface area contributed by atoms with Crippen molar-refractivity contribution in [2.75, 3.05) is 37.9 Å². The van der Waals surface area contributed by atoms with Gasteiger partial charge in [-0.3, -0.25) is 9.59 Å². The SMILES string of the molecule is COc1ccc(S(=O)(=O)N2CCC[C@@H](C(=O)Nc3ccc(NC(C)=O)cc3)C2)cc1OC. The summed E-state index contributed by atoms with van der Waals surface area (Å²) >= 11 is 0. The summed E-state index contributed by atoms with van der Waals surface area (Å²) in [5, 5.41) is 5.49. The molecular formula is C22H27N3O6S. The average Bonchev–Trinajstić information content (AvgIpc) is 2.79. The van der Waals surface area contributed by atoms with Gasteiger partial charge in [0.15, 0.2) is 11.5 Å². The summed E-state index contributed by atoms with van der Waals surface area (Å²) in [6.07, 6.45) is 1.17. The molecule has 3 rings (SSSR count). The number of rotatable bonds is 7. The van der Waals surface area contributed by atoms with E-state index < -0.39 is 15.9 Å². The zero-order valence-electron chi connectivity index (χ0n) is 18.3. The van der Waals surface area contributed by atoms with E-state index in [4.69, 9.17) is 9.47 Å². The minimum Gasteiger partial charge on any atom is -0.493 e. The molecule has 1 aliphatic heterocycles. The predicted molar refractivity (Wildman–Crippen MR) is 120 cm³/mol. The van der Waals surface area contributed by atoms with E-state index in [1.807, 2.05) is 0 Å². The second kappa shape index (κ2) is 10.0. The quantitative estimate of drug-likeness (QED) is 0.655. The van der Waals surface area contributed by atoms with Gasteiger partial charge in [0.2, 0.25) is 21.8 Å². The fourth-order valence-electron chi connectivity index (χ4n) is 3.59. The molecule has 0 aromatic heterocycles. The fourth-order valence-corrected chi connectivity index (χ4v) is 5.13. The van der Waals surface area contributed by atoms with Crippen molar-refractivity contribution in [3.63, 3.8) is 0 Å². The Labute approximate surface area is 187 Å². The van der Waals surface area contributed by atoms with Crippen molar-refractivity contribution in [1.29, 1.82) is 0 Å². The lowest BCUT2D eigenvalue weighted by atomic mass is 9.98. The van der Waals surface area contributed by atoms with Crippen LogP contribution in [-0.4, -0.2) is 51.8 Å². The van der Waals surface area contributed by atoms with Crippen LogP contribution >= 0.6 is 0 Å². The molecule has 0 bridgehead atoms. The van der Waals surface area contributed by atoms with E-state index in [1.165, 1.54) is 37.6 Å². The molecule has 1 atom stereocenters. The number of nitrogens with one attached hydrogen (secondary N) is 2. The van der Waals surface area contributed by atoms with Crippen molar-refractivity contribution in [1.82, 2.24) is 4.31 Å². The van der Waals surface area contributed by atoms with Crippen LogP contribution in [0.3, 0.4) is 0 Å². The summed E-state index contributed by atoms with van der Waals surface area (Å²) in [6.45, 7) is 1.85. The molecule has 9 nitrogen and oxygen atoms in total. The number of benzene rings is 2. The van der Waals surface area contributed by atoms with Crippen LogP contribution in [-0.2, 0) is 19.6 Å². The lowest BCUT2D eigenvalue weighted by Gasteiger charge is -2.31. The Morgan fingerprint density at radius 2 is 1.59 bits per heavy atom. The number of hydrogen-bond donors (Lipinski definition) is 2. The van der Waals surface area contributed by atoms with Crippen LogP contribution < -0.4 is 20.1 Å². The normalized spacial score (nSPS) is 16.8. The number of ether oxygens (including phenoxy) is 2. The lowest BCUT2D eigenvalue weighted by Crippen LogP contribution is -2.43. The minimum atomic E-state index is -3.80. The summed E-state index contributed by atoms with van der Waals surface area (Å²) in [7, 11) is -0.876. The van der Waals surface area contributed by atoms with Crippen LogP contribution in [0, 0.1) is 5.92 Å². The molecule has 2 aromatic rings. The van der Waals surface area contributed by atoms with Crippen molar-refractivity contribution >= 4 is 33.2 Å². The van der Waals surface area contributed by atoms with Crippen molar-refractivity contribution in [2.45, 2.75) is 24.7 Å². The molecule has 32 heavy (non-hydrogen) atoms. The van der Waals surface area contributed by atoms with E-state index in [9.17, 15) is 18.0 Å². The van der Waals surface area contributed by atoms with Crippen molar-refractivity contribution in [2.24, 2.45) is 5.92 Å². The first-order chi connectivity index (χ1) is 15.2. The third-order valence-corrected chi connectivity index (χ3v) is 7.08. The number of sulfonamides is 1. The van der Waals surface area contributed by atoms with Crippen LogP contribution in [0.1, 0.15) is 19.8 Å². The Bertz CT molecular complexity index is 1090. The molecular weight excluding hydrogens is 434 g/mol. The molecule has 0 spiro atoms. The van der Waals surface area contributed by atoms with Crippen molar-refractivity contribution in [3.05, 3.63) is 42.5 Å². The second-order valence-electron chi connectivity index (χ2n) is 7.47. The number of anilines is 2. The van der Waals surface area contributed by atoms with E-state index in [0.29, 0.717) is 42.3 Å². The first kappa shape index (κ1) is 23.6. The third kappa shape index (κ3) is 5.38. The van der Waals surface area contributed by atoms with E-state index in [1.54, 1.807) is 30.3 Å². The highest BCUT2D eigenvalue weighted by molar-refractivity contribution is 7.89. The summed E-state index contributed by atoms with van der Waals surface area (Å²) in [4.78, 5) is 24.0. The number of hydrogen-bond acceptors (Lipinski definition) is 6. The van der Waals surface area contributed by atoms with E-state index in [-0.39, 0.29) is 23.3 Å². The summed E-state index contributed by atoms with van der Waals surface area (Å²) in [6, 6.07) is 11.2. The zero-order valence-corrected chi connectivity index (χ0v) is 19.1. The molecule has 1 saturated heterocycles. The van der Waals surface area contributed by atoms with Gasteiger partial charge < -0.3 is 20.1 Å². The highest BCUT2D eigenvalue weighted by atomic mass is 32.2. The molecule has 2 amide bonds. The maximum atomic E-state index is 13.2. The lowest BCUT2D eigenvalue weighted by molar-refractivity contribution is -0.121. The van der Waals surface area contributed by atoms with Crippen LogP contribution in [0.4, 0.5) is 11.4 Å². The second-order valence-corrected chi connectivity index (χ2v) is 9.40. The molecule has 1 fully saturated rings. The summed E-state index contributed by atoms with van der Waals surface area (Å²) in [5.41, 5.74) is 1.20. The largest absolute Gasteiger partial charge is 0.493 e. The Morgan fingerprint density at radius 1 is 0.969 bits per heavy atom. The van der Waals surface area contributed by atoms with Crippen LogP contribution in [0.2, 0.25) is 0 Å². The first-order valence-corrected chi connectivity index (χ1v) is 11.6. The van der Waals surface area contributed by atoms with Gasteiger partial charge in [-0.2, -0.15) is 4.31 Å². The molecule has 10 heteroatoms. The number of methoxy groups -OCH3 is 2. The Balaban J connectivity index is 1.70. The highest BCUT2D eigenvalue weighted by Crippen LogP contribution is 2.32. The predicted octanol–water partition coefficient (Wildman–Crippen LogP) is 2.70. The molecule has 0 unspecified atom stereocenters. The molecule has 0 saturated carbocycles. The molecule has 2 aromatic carbocycles. The third-order valence-electron chi connectivity index (χ3n) is 5.22. The zero-order chi connectivity index (χ0) is 23.3. The van der Waals surface area contributed by atoms with Gasteiger partial charge in [0, 0.05) is 37.5 Å². The van der Waals surface area contributed by atoms with Crippen LogP contribution in [0.25, 0.3) is 0 Å². The highest BCUT2D eigenvalue weighted by Gasteiger charge is 2.33. The molecule has 0 aliphatic carbocycles. The number of amides is 2. The van der Waals surface area contributed by atoms with Gasteiger partial charge in [0.1, 0.15) is 0 Å². The van der Waals surface area contributed by atoms with Crippen LogP contribution in [0.15, 0.2) is 47.4 Å². The standard InChI is InChI=1S/C22H27N3O6S/c1-15(26)23-17-6-8-18(9-7-17)24-22(27)16-5-4-12-25(14-16)32(28,29)19-10-11-20(30-2)21(13-19)31-3/h6-11,13,16H,4-5,12,14H2,1-3H3,(H,23,26)(H,24,27)/t16-/m1/s1. The Morgan fingerprint density at radius 3 is 2.19 bits per heavy atom. The molecule has 2 N–H and O–H groups in total. The van der Waals surface area contributed by atoms with Gasteiger partial charge in [-0.05, 0) is 49.2 Å². The van der Waals surface area contributed by atoms with Gasteiger partial charge in [-0.25, -0.2) is 8.42 Å². The molecule has 1 aliphatic rings. The van der Waals surface area contributed by atoms with Crippen molar-refractivity contribution < 1.29 is 27.5 Å². The fraction of sp³-hybridized carbons (Fsp3) is 0.364. The maximum absolute atomic E-state index is 13.2. The topological polar surface area (TPSA) is 114 Å². The van der Waals surface area contributed by atoms with E-state index in [2.05, 4.69) is 10.6 Å². The number of piperidine rings is 1. The van der Waals surface area contributed by atoms with Gasteiger partial charge >= 0.3 is 0 Å². The first-order valence-electron chi connectivity index (χ1n) is 10.2. The van der Waals surface area contributed by atoms with Gasteiger partial charge in [0.05, 0.1) is 25.0 Å². The number of carbonyl (C=O) groups excluding carboxylic acids is 2. The molecule has 1 heterocycles. The smallest absolute Gasteiger partial charge is 0.243 e. The number of carbonyl (C=O) groups is 2. The number of nitrogens with zero attached hydrogens (tertiary/aromatic N) is 1. The Hall–Kier alpha value is -3.11. The van der Waals surface area contributed by atoms with Crippen molar-refractivity contribution in [3.8, 4) is 11.5 Å². The minimum absolute atomic E-state index is 0.0877. The maximum Gasteiger partial charge on any atom is 0.243 e. The monoisotopic (exact) mass is 461 g/mol. The average molecular weight is 462 g/mol. The summed E-state index contributed by atoms with van der Waals surface area (Å²) < 4.78 is 38.1. The van der Waals surface area contributed by atoms with E-state index >= 15 is 0 Å². The van der Waals surface area contributed by atoms with Gasteiger partial charge in [-0.1, -0.05) is 0 Å². The molecule has 0 radical (unpaired) electrons. The van der Waals surface area contributed by atoms with Gasteiger partial charge in [0.25, 0.3) is 0 Å².